The molecule has 0 bridgehead atoms. The lowest BCUT2D eigenvalue weighted by Crippen LogP contribution is -2.37. The molecule has 196 valence electrons. The number of aromatic nitrogens is 4. The van der Waals surface area contributed by atoms with Crippen LogP contribution in [0.15, 0.2) is 79.5 Å². The first kappa shape index (κ1) is 25.6. The molecule has 0 spiro atoms. The average Bonchev–Trinajstić information content (AvgIpc) is 3.61. The van der Waals surface area contributed by atoms with Crippen molar-refractivity contribution in [3.8, 4) is 11.1 Å². The smallest absolute Gasteiger partial charge is 0.223 e. The van der Waals surface area contributed by atoms with Gasteiger partial charge in [0.2, 0.25) is 5.91 Å². The molecule has 0 unspecified atom stereocenters. The molecule has 4 N–H and O–H groups in total. The Morgan fingerprint density at radius 2 is 1.87 bits per heavy atom. The second-order valence-corrected chi connectivity index (χ2v) is 9.88. The van der Waals surface area contributed by atoms with Crippen LogP contribution >= 0.6 is 0 Å². The molecule has 8 nitrogen and oxygen atoms in total. The van der Waals surface area contributed by atoms with Crippen LogP contribution < -0.4 is 5.32 Å². The Hall–Kier alpha value is -4.01. The van der Waals surface area contributed by atoms with Crippen molar-refractivity contribution in [2.24, 2.45) is 5.92 Å². The van der Waals surface area contributed by atoms with E-state index in [-0.39, 0.29) is 24.5 Å². The summed E-state index contributed by atoms with van der Waals surface area (Å²) in [4.78, 5) is 23.5. The molecule has 5 rings (SSSR count). The van der Waals surface area contributed by atoms with E-state index in [1.165, 1.54) is 5.56 Å². The SMILES string of the molecule is C[C@H](O)c1nccn1[C@@H](/C=C/c1ccc(-c2ccc(C3CC(C(=O)NCc4cnc[nH]4)C3)cc2)cc1)CO. The van der Waals surface area contributed by atoms with Crippen LogP contribution in [0, 0.1) is 5.92 Å². The highest BCUT2D eigenvalue weighted by atomic mass is 16.3. The molecular formula is C30H33N5O3. The van der Waals surface area contributed by atoms with E-state index in [0.29, 0.717) is 18.3 Å². The number of nitrogens with one attached hydrogen (secondary N) is 2. The number of benzene rings is 2. The van der Waals surface area contributed by atoms with Gasteiger partial charge in [0.1, 0.15) is 11.9 Å². The zero-order chi connectivity index (χ0) is 26.5. The predicted molar refractivity (Wildman–Crippen MR) is 146 cm³/mol. The minimum Gasteiger partial charge on any atom is -0.394 e. The van der Waals surface area contributed by atoms with Crippen LogP contribution in [0.3, 0.4) is 0 Å². The molecule has 2 aromatic heterocycles. The highest BCUT2D eigenvalue weighted by Crippen LogP contribution is 2.42. The molecular weight excluding hydrogens is 478 g/mol. The van der Waals surface area contributed by atoms with E-state index in [4.69, 9.17) is 0 Å². The quantitative estimate of drug-likeness (QED) is 0.252. The number of imidazole rings is 2. The molecule has 4 aromatic rings. The summed E-state index contributed by atoms with van der Waals surface area (Å²) >= 11 is 0. The Balaban J connectivity index is 1.15. The third-order valence-corrected chi connectivity index (χ3v) is 7.27. The molecule has 0 aliphatic heterocycles. The maximum absolute atomic E-state index is 12.4. The zero-order valence-corrected chi connectivity index (χ0v) is 21.4. The molecule has 2 heterocycles. The summed E-state index contributed by atoms with van der Waals surface area (Å²) in [6.45, 7) is 2.06. The topological polar surface area (TPSA) is 116 Å². The molecule has 1 amide bonds. The van der Waals surface area contributed by atoms with Gasteiger partial charge in [0.25, 0.3) is 0 Å². The highest BCUT2D eigenvalue weighted by molar-refractivity contribution is 5.79. The Kier molecular flexibility index (Phi) is 7.81. The number of rotatable bonds is 10. The van der Waals surface area contributed by atoms with Crippen LogP contribution in [-0.4, -0.2) is 42.2 Å². The van der Waals surface area contributed by atoms with Crippen LogP contribution in [0.1, 0.15) is 60.5 Å². The Labute approximate surface area is 222 Å². The lowest BCUT2D eigenvalue weighted by atomic mass is 9.71. The van der Waals surface area contributed by atoms with Gasteiger partial charge in [-0.2, -0.15) is 0 Å². The number of carbonyl (C=O) groups is 1. The highest BCUT2D eigenvalue weighted by Gasteiger charge is 2.35. The molecule has 1 fully saturated rings. The first-order valence-corrected chi connectivity index (χ1v) is 13.0. The van der Waals surface area contributed by atoms with Crippen molar-refractivity contribution in [2.75, 3.05) is 6.61 Å². The van der Waals surface area contributed by atoms with Crippen LogP contribution in [0.2, 0.25) is 0 Å². The Morgan fingerprint density at radius 1 is 1.16 bits per heavy atom. The monoisotopic (exact) mass is 511 g/mol. The standard InChI is InChI=1S/C30H33N5O3/c1-20(37)29-32-12-13-35(29)28(18-36)11-4-21-2-5-22(6-3-21)23-7-9-24(10-8-23)25-14-26(15-25)30(38)33-17-27-16-31-19-34-27/h2-13,16,19-20,25-26,28,36-37H,14-15,17-18H2,1H3,(H,31,34)(H,33,38)/b11-4+/t20-,25?,26?,28-/m0/s1. The van der Waals surface area contributed by atoms with Gasteiger partial charge in [0, 0.05) is 24.5 Å². The van der Waals surface area contributed by atoms with E-state index >= 15 is 0 Å². The molecule has 1 aliphatic carbocycles. The lowest BCUT2D eigenvalue weighted by molar-refractivity contribution is -0.128. The maximum atomic E-state index is 12.4. The fourth-order valence-electron chi connectivity index (χ4n) is 4.94. The van der Waals surface area contributed by atoms with Crippen molar-refractivity contribution < 1.29 is 15.0 Å². The van der Waals surface area contributed by atoms with Crippen molar-refractivity contribution in [2.45, 2.75) is 44.4 Å². The van der Waals surface area contributed by atoms with Crippen LogP contribution in [0.25, 0.3) is 17.2 Å². The number of carbonyl (C=O) groups excluding carboxylic acids is 1. The molecule has 0 saturated heterocycles. The molecule has 38 heavy (non-hydrogen) atoms. The summed E-state index contributed by atoms with van der Waals surface area (Å²) < 4.78 is 1.79. The second-order valence-electron chi connectivity index (χ2n) is 9.88. The van der Waals surface area contributed by atoms with Crippen LogP contribution in [0.4, 0.5) is 0 Å². The summed E-state index contributed by atoms with van der Waals surface area (Å²) in [6, 6.07) is 16.6. The molecule has 2 atom stereocenters. The number of aliphatic hydroxyl groups is 2. The van der Waals surface area contributed by atoms with Crippen molar-refractivity contribution in [3.05, 3.63) is 102 Å². The average molecular weight is 512 g/mol. The number of amides is 1. The van der Waals surface area contributed by atoms with Gasteiger partial charge in [-0.15, -0.1) is 0 Å². The first-order valence-electron chi connectivity index (χ1n) is 13.0. The minimum absolute atomic E-state index is 0.0704. The van der Waals surface area contributed by atoms with E-state index in [9.17, 15) is 15.0 Å². The number of aromatic amines is 1. The maximum Gasteiger partial charge on any atom is 0.223 e. The van der Waals surface area contributed by atoms with E-state index in [2.05, 4.69) is 68.8 Å². The summed E-state index contributed by atoms with van der Waals surface area (Å²) in [5, 5.41) is 22.7. The molecule has 1 aliphatic rings. The first-order chi connectivity index (χ1) is 18.5. The number of hydrogen-bond donors (Lipinski definition) is 4. The second kappa shape index (κ2) is 11.6. The van der Waals surface area contributed by atoms with E-state index in [1.54, 1.807) is 36.4 Å². The third-order valence-electron chi connectivity index (χ3n) is 7.27. The van der Waals surface area contributed by atoms with Crippen molar-refractivity contribution in [1.82, 2.24) is 24.8 Å². The number of H-pyrrole nitrogens is 1. The van der Waals surface area contributed by atoms with Gasteiger partial charge in [0.05, 0.1) is 31.2 Å². The summed E-state index contributed by atoms with van der Waals surface area (Å²) in [6.07, 6.45) is 11.7. The van der Waals surface area contributed by atoms with Gasteiger partial charge >= 0.3 is 0 Å². The fraction of sp³-hybridized carbons (Fsp3) is 0.300. The van der Waals surface area contributed by atoms with Gasteiger partial charge in [-0.05, 0) is 47.9 Å². The summed E-state index contributed by atoms with van der Waals surface area (Å²) in [5.74, 6) is 1.13. The fourth-order valence-corrected chi connectivity index (χ4v) is 4.94. The van der Waals surface area contributed by atoms with Gasteiger partial charge in [-0.25, -0.2) is 9.97 Å². The third kappa shape index (κ3) is 5.77. The van der Waals surface area contributed by atoms with Crippen molar-refractivity contribution >= 4 is 12.0 Å². The van der Waals surface area contributed by atoms with Crippen LogP contribution in [0.5, 0.6) is 0 Å². The predicted octanol–water partition coefficient (Wildman–Crippen LogP) is 4.38. The number of aliphatic hydroxyl groups excluding tert-OH is 2. The van der Waals surface area contributed by atoms with Crippen LogP contribution in [-0.2, 0) is 11.3 Å². The molecule has 0 radical (unpaired) electrons. The van der Waals surface area contributed by atoms with Crippen molar-refractivity contribution in [3.63, 3.8) is 0 Å². The van der Waals surface area contributed by atoms with Gasteiger partial charge in [-0.3, -0.25) is 4.79 Å². The van der Waals surface area contributed by atoms with Crippen molar-refractivity contribution in [1.29, 1.82) is 0 Å². The van der Waals surface area contributed by atoms with Gasteiger partial charge in [-0.1, -0.05) is 60.7 Å². The summed E-state index contributed by atoms with van der Waals surface area (Å²) in [7, 11) is 0. The largest absolute Gasteiger partial charge is 0.394 e. The zero-order valence-electron chi connectivity index (χ0n) is 21.4. The van der Waals surface area contributed by atoms with Gasteiger partial charge in [0.15, 0.2) is 0 Å². The Bertz CT molecular complexity index is 1350. The molecule has 2 aromatic carbocycles. The number of hydrogen-bond acceptors (Lipinski definition) is 5. The summed E-state index contributed by atoms with van der Waals surface area (Å²) in [5.41, 5.74) is 5.48. The normalized spacial score (nSPS) is 18.7. The number of nitrogens with zero attached hydrogens (tertiary/aromatic N) is 3. The minimum atomic E-state index is -0.707. The van der Waals surface area contributed by atoms with E-state index < -0.39 is 6.10 Å². The van der Waals surface area contributed by atoms with E-state index in [0.717, 1.165) is 35.2 Å². The molecule has 8 heteroatoms. The van der Waals surface area contributed by atoms with E-state index in [1.807, 2.05) is 12.2 Å². The molecule has 1 saturated carbocycles. The lowest BCUT2D eigenvalue weighted by Gasteiger charge is -2.34. The van der Waals surface area contributed by atoms with Gasteiger partial charge < -0.3 is 25.1 Å². The Morgan fingerprint density at radius 3 is 2.50 bits per heavy atom.